The fraction of sp³-hybridized carbons (Fsp3) is 0.833. The maximum Gasteiger partial charge on any atom is 1.00 e. The van der Waals surface area contributed by atoms with Gasteiger partial charge in [0.1, 0.15) is 3.92 Å². The molecule has 1 N–H and O–H groups in total. The molecule has 2 nitrogen and oxygen atoms in total. The maximum atomic E-state index is 10.2. The van der Waals surface area contributed by atoms with Gasteiger partial charge in [-0.25, -0.2) is 0 Å². The number of carbonyl (C=O) groups is 1. The fourth-order valence-corrected chi connectivity index (χ4v) is 0.947. The average Bonchev–Trinajstić information content (AvgIpc) is 1.82. The molecule has 0 saturated heterocycles. The molecule has 0 aromatic rings. The third-order valence-electron chi connectivity index (χ3n) is 1.08. The van der Waals surface area contributed by atoms with Gasteiger partial charge in [0.2, 0.25) is 0 Å². The van der Waals surface area contributed by atoms with E-state index in [1.54, 1.807) is 0 Å². The zero-order valence-electron chi connectivity index (χ0n) is 7.43. The maximum absolute atomic E-state index is 10.2. The first-order chi connectivity index (χ1) is 4.18. The summed E-state index contributed by atoms with van der Waals surface area (Å²) < 4.78 is -0.192. The average molecular weight is 282 g/mol. The molecule has 0 bridgehead atoms. The smallest absolute Gasteiger partial charge is 1.00 e. The predicted molar refractivity (Wildman–Crippen MR) is 46.1 cm³/mol. The summed E-state index contributed by atoms with van der Waals surface area (Å²) in [4.78, 5) is 10.2. The van der Waals surface area contributed by atoms with E-state index in [0.717, 1.165) is 19.3 Å². The fourth-order valence-electron chi connectivity index (χ4n) is 0.507. The largest absolute Gasteiger partial charge is 1.00 e. The predicted octanol–water partition coefficient (Wildman–Crippen LogP) is -0.819. The number of rotatable bonds is 4. The normalized spacial score (nSPS) is 11.8. The van der Waals surface area contributed by atoms with E-state index < -0.39 is 5.97 Å². The second-order valence-corrected chi connectivity index (χ2v) is 3.45. The van der Waals surface area contributed by atoms with Crippen LogP contribution < -0.4 is 51.4 Å². The van der Waals surface area contributed by atoms with Gasteiger partial charge in [-0.2, -0.15) is 0 Å². The van der Waals surface area contributed by atoms with Gasteiger partial charge in [0.15, 0.2) is 0 Å². The van der Waals surface area contributed by atoms with Crippen LogP contribution >= 0.6 is 22.6 Å². The molecule has 0 spiro atoms. The summed E-state index contributed by atoms with van der Waals surface area (Å²) in [7, 11) is 0. The van der Waals surface area contributed by atoms with Crippen molar-refractivity contribution in [2.45, 2.75) is 30.1 Å². The molecule has 0 saturated carbocycles. The number of carboxylic acid groups (broad SMARTS) is 1. The molecule has 56 valence electrons. The van der Waals surface area contributed by atoms with Crippen molar-refractivity contribution in [3.05, 3.63) is 0 Å². The number of unbranched alkanes of at least 4 members (excludes halogenated alkanes) is 1. The van der Waals surface area contributed by atoms with Crippen LogP contribution in [0.4, 0.5) is 0 Å². The monoisotopic (exact) mass is 282 g/mol. The van der Waals surface area contributed by atoms with E-state index in [2.05, 4.69) is 6.92 Å². The van der Waals surface area contributed by atoms with Crippen LogP contribution in [0.1, 0.15) is 27.6 Å². The first kappa shape index (κ1) is 14.4. The summed E-state index contributed by atoms with van der Waals surface area (Å²) in [6, 6.07) is 0. The molecule has 0 aromatic carbocycles. The van der Waals surface area contributed by atoms with E-state index in [4.69, 9.17) is 5.11 Å². The van der Waals surface area contributed by atoms with E-state index in [0.29, 0.717) is 0 Å². The van der Waals surface area contributed by atoms with E-state index in [-0.39, 0.29) is 56.7 Å². The second kappa shape index (κ2) is 8.93. The van der Waals surface area contributed by atoms with Crippen LogP contribution in [-0.2, 0) is 4.79 Å². The molecule has 10 heavy (non-hydrogen) atoms. The standard InChI is InChI=1S/C6H11IO2.K.H/c1-2-3-4-5(7)6(8)9;;/h5H,2-4H2,1H3,(H,8,9);;/q;+1;-1. The number of halogens is 1. The Morgan fingerprint density at radius 2 is 2.30 bits per heavy atom. The molecular formula is C6H12IKO2. The molecule has 0 aliphatic heterocycles. The Balaban J connectivity index is -0.000000320. The van der Waals surface area contributed by atoms with Crippen molar-refractivity contribution in [3.8, 4) is 0 Å². The molecule has 0 heterocycles. The van der Waals surface area contributed by atoms with Gasteiger partial charge in [0.05, 0.1) is 0 Å². The summed E-state index contributed by atoms with van der Waals surface area (Å²) in [6.07, 6.45) is 2.89. The summed E-state index contributed by atoms with van der Waals surface area (Å²) in [5.74, 6) is -0.691. The molecule has 0 aromatic heterocycles. The van der Waals surface area contributed by atoms with Crippen LogP contribution in [0, 0.1) is 0 Å². The zero-order chi connectivity index (χ0) is 7.28. The molecule has 0 rings (SSSR count). The van der Waals surface area contributed by atoms with Crippen molar-refractivity contribution < 1.29 is 62.7 Å². The second-order valence-electron chi connectivity index (χ2n) is 1.95. The molecule has 0 amide bonds. The third-order valence-corrected chi connectivity index (χ3v) is 2.23. The first-order valence-electron chi connectivity index (χ1n) is 3.05. The number of hydrogen-bond acceptors (Lipinski definition) is 1. The van der Waals surface area contributed by atoms with Crippen LogP contribution in [0.2, 0.25) is 0 Å². The van der Waals surface area contributed by atoms with Gasteiger partial charge in [0.25, 0.3) is 0 Å². The van der Waals surface area contributed by atoms with Crippen LogP contribution in [0.15, 0.2) is 0 Å². The molecule has 1 unspecified atom stereocenters. The summed E-state index contributed by atoms with van der Waals surface area (Å²) in [5, 5.41) is 8.40. The minimum atomic E-state index is -0.691. The molecule has 1 atom stereocenters. The number of aliphatic carboxylic acids is 1. The van der Waals surface area contributed by atoms with Crippen LogP contribution in [0.5, 0.6) is 0 Å². The summed E-state index contributed by atoms with van der Waals surface area (Å²) in [6.45, 7) is 2.06. The minimum absolute atomic E-state index is 0. The SMILES string of the molecule is CCCCC(I)C(=O)O.[H-].[K+]. The van der Waals surface area contributed by atoms with E-state index >= 15 is 0 Å². The Morgan fingerprint density at radius 1 is 1.80 bits per heavy atom. The van der Waals surface area contributed by atoms with E-state index in [1.807, 2.05) is 22.6 Å². The van der Waals surface area contributed by atoms with Crippen LogP contribution in [0.25, 0.3) is 0 Å². The van der Waals surface area contributed by atoms with Gasteiger partial charge in [-0.3, -0.25) is 4.79 Å². The molecule has 0 aliphatic rings. The third kappa shape index (κ3) is 7.94. The quantitative estimate of drug-likeness (QED) is 0.416. The number of alkyl halides is 1. The number of hydrogen-bond donors (Lipinski definition) is 1. The molecule has 4 heteroatoms. The number of carboxylic acids is 1. The van der Waals surface area contributed by atoms with E-state index in [9.17, 15) is 4.79 Å². The Labute approximate surface area is 119 Å². The summed E-state index contributed by atoms with van der Waals surface area (Å²) in [5.41, 5.74) is 0. The van der Waals surface area contributed by atoms with Gasteiger partial charge in [0, 0.05) is 0 Å². The molecule has 0 fully saturated rings. The van der Waals surface area contributed by atoms with Gasteiger partial charge >= 0.3 is 57.4 Å². The van der Waals surface area contributed by atoms with Crippen molar-refractivity contribution in [2.75, 3.05) is 0 Å². The van der Waals surface area contributed by atoms with Crippen molar-refractivity contribution in [1.82, 2.24) is 0 Å². The van der Waals surface area contributed by atoms with Crippen molar-refractivity contribution in [1.29, 1.82) is 0 Å². The van der Waals surface area contributed by atoms with Crippen LogP contribution in [0.3, 0.4) is 0 Å². The van der Waals surface area contributed by atoms with Gasteiger partial charge < -0.3 is 6.53 Å². The van der Waals surface area contributed by atoms with Crippen molar-refractivity contribution in [3.63, 3.8) is 0 Å². The van der Waals surface area contributed by atoms with Gasteiger partial charge in [-0.1, -0.05) is 42.4 Å². The Hall–Kier alpha value is 1.84. The van der Waals surface area contributed by atoms with Gasteiger partial charge in [-0.05, 0) is 6.42 Å². The van der Waals surface area contributed by atoms with Crippen molar-refractivity contribution in [2.24, 2.45) is 0 Å². The van der Waals surface area contributed by atoms with Crippen LogP contribution in [-0.4, -0.2) is 15.0 Å². The minimum Gasteiger partial charge on any atom is -1.00 e. The Kier molecular flexibility index (Phi) is 12.8. The zero-order valence-corrected chi connectivity index (χ0v) is 11.7. The van der Waals surface area contributed by atoms with Gasteiger partial charge in [-0.15, -0.1) is 0 Å². The Bertz CT molecular complexity index is 103. The topological polar surface area (TPSA) is 37.3 Å². The Morgan fingerprint density at radius 3 is 2.60 bits per heavy atom. The van der Waals surface area contributed by atoms with Crippen molar-refractivity contribution >= 4 is 28.6 Å². The van der Waals surface area contributed by atoms with E-state index in [1.165, 1.54) is 0 Å². The molecule has 0 aliphatic carbocycles. The summed E-state index contributed by atoms with van der Waals surface area (Å²) >= 11 is 1.96. The molecular weight excluding hydrogens is 270 g/mol. The first-order valence-corrected chi connectivity index (χ1v) is 4.30. The molecule has 0 radical (unpaired) electrons.